The number of fused-ring (bicyclic) bond motifs is 3. The number of thioether (sulfide) groups is 1. The number of halogens is 1. The fourth-order valence-electron chi connectivity index (χ4n) is 4.86. The molecule has 198 valence electrons. The van der Waals surface area contributed by atoms with Crippen LogP contribution >= 0.6 is 34.7 Å². The molecular formula is C29H21ClN6O2S2. The highest BCUT2D eigenvalue weighted by Crippen LogP contribution is 2.34. The highest BCUT2D eigenvalue weighted by Gasteiger charge is 2.29. The summed E-state index contributed by atoms with van der Waals surface area (Å²) in [7, 11) is 0. The van der Waals surface area contributed by atoms with Crippen LogP contribution in [0.4, 0.5) is 5.69 Å². The summed E-state index contributed by atoms with van der Waals surface area (Å²) in [5.74, 6) is 0.423. The third kappa shape index (κ3) is 4.47. The van der Waals surface area contributed by atoms with Crippen molar-refractivity contribution in [3.8, 4) is 16.3 Å². The molecule has 3 aromatic heterocycles. The number of anilines is 1. The smallest absolute Gasteiger partial charge is 0.265 e. The molecule has 1 N–H and O–H groups in total. The fourth-order valence-corrected chi connectivity index (χ4v) is 7.24. The molecule has 7 rings (SSSR count). The number of carbonyl (C=O) groups excluding carboxylic acids is 1. The van der Waals surface area contributed by atoms with Gasteiger partial charge in [0.2, 0.25) is 5.91 Å². The van der Waals surface area contributed by atoms with E-state index in [4.69, 9.17) is 21.6 Å². The van der Waals surface area contributed by atoms with Gasteiger partial charge in [-0.1, -0.05) is 35.5 Å². The molecule has 1 amide bonds. The maximum atomic E-state index is 13.4. The van der Waals surface area contributed by atoms with Gasteiger partial charge in [-0.05, 0) is 67.1 Å². The van der Waals surface area contributed by atoms with Gasteiger partial charge in [0.15, 0.2) is 10.8 Å². The van der Waals surface area contributed by atoms with Crippen molar-refractivity contribution in [2.24, 2.45) is 0 Å². The van der Waals surface area contributed by atoms with E-state index in [0.717, 1.165) is 26.5 Å². The second-order valence-electron chi connectivity index (χ2n) is 9.63. The lowest BCUT2D eigenvalue weighted by Gasteiger charge is -2.13. The zero-order chi connectivity index (χ0) is 27.4. The van der Waals surface area contributed by atoms with Crippen molar-refractivity contribution in [3.05, 3.63) is 93.9 Å². The first-order chi connectivity index (χ1) is 19.4. The molecule has 6 aromatic rings. The summed E-state index contributed by atoms with van der Waals surface area (Å²) in [6.07, 6.45) is 1.68. The van der Waals surface area contributed by atoms with Crippen molar-refractivity contribution < 1.29 is 4.79 Å². The topological polar surface area (TPSA) is 94.7 Å². The summed E-state index contributed by atoms with van der Waals surface area (Å²) in [6.45, 7) is 2.07. The minimum Gasteiger partial charge on any atom is -0.326 e. The molecule has 0 bridgehead atoms. The minimum absolute atomic E-state index is 0.161. The van der Waals surface area contributed by atoms with Crippen molar-refractivity contribution in [1.82, 2.24) is 24.3 Å². The maximum Gasteiger partial charge on any atom is 0.265 e. The summed E-state index contributed by atoms with van der Waals surface area (Å²) < 4.78 is 4.39. The molecule has 0 radical (unpaired) electrons. The van der Waals surface area contributed by atoms with E-state index < -0.39 is 0 Å². The Morgan fingerprint density at radius 1 is 1.10 bits per heavy atom. The van der Waals surface area contributed by atoms with Crippen molar-refractivity contribution in [3.63, 3.8) is 0 Å². The Bertz CT molecular complexity index is 2000. The van der Waals surface area contributed by atoms with Crippen LogP contribution in [0.15, 0.2) is 82.9 Å². The Morgan fingerprint density at radius 2 is 1.95 bits per heavy atom. The lowest BCUT2D eigenvalue weighted by molar-refractivity contribution is -0.116. The van der Waals surface area contributed by atoms with Crippen LogP contribution in [0.5, 0.6) is 0 Å². The van der Waals surface area contributed by atoms with Crippen LogP contribution in [0.1, 0.15) is 18.0 Å². The monoisotopic (exact) mass is 584 g/mol. The van der Waals surface area contributed by atoms with E-state index in [9.17, 15) is 9.59 Å². The van der Waals surface area contributed by atoms with Gasteiger partial charge in [0.05, 0.1) is 28.1 Å². The molecule has 1 aliphatic heterocycles. The number of amides is 1. The third-order valence-electron chi connectivity index (χ3n) is 6.80. The van der Waals surface area contributed by atoms with Crippen molar-refractivity contribution in [1.29, 1.82) is 0 Å². The molecule has 8 nitrogen and oxygen atoms in total. The second kappa shape index (κ2) is 9.88. The Labute approximate surface area is 241 Å². The van der Waals surface area contributed by atoms with Crippen LogP contribution < -0.4 is 10.9 Å². The molecule has 1 aliphatic rings. The van der Waals surface area contributed by atoms with E-state index in [1.165, 1.54) is 23.5 Å². The number of thiazole rings is 1. The number of aromatic nitrogens is 5. The predicted molar refractivity (Wildman–Crippen MR) is 161 cm³/mol. The van der Waals surface area contributed by atoms with Crippen molar-refractivity contribution in [2.45, 2.75) is 24.5 Å². The van der Waals surface area contributed by atoms with E-state index in [-0.39, 0.29) is 23.9 Å². The van der Waals surface area contributed by atoms with Crippen LogP contribution in [0.2, 0.25) is 5.02 Å². The van der Waals surface area contributed by atoms with Crippen LogP contribution in [0.25, 0.3) is 37.5 Å². The first-order valence-electron chi connectivity index (χ1n) is 12.6. The number of aryl methyl sites for hydroxylation is 1. The number of hydrogen-bond acceptors (Lipinski definition) is 7. The quantitative estimate of drug-likeness (QED) is 0.233. The van der Waals surface area contributed by atoms with Gasteiger partial charge in [-0.2, -0.15) is 5.10 Å². The van der Waals surface area contributed by atoms with Gasteiger partial charge >= 0.3 is 0 Å². The molecule has 1 atom stereocenters. The summed E-state index contributed by atoms with van der Waals surface area (Å²) >= 11 is 9.26. The number of carbonyl (C=O) groups is 1. The van der Waals surface area contributed by atoms with Crippen molar-refractivity contribution in [2.75, 3.05) is 11.1 Å². The molecule has 0 saturated carbocycles. The van der Waals surface area contributed by atoms with Gasteiger partial charge in [0.25, 0.3) is 5.56 Å². The minimum atomic E-state index is -0.301. The number of rotatable bonds is 5. The zero-order valence-electron chi connectivity index (χ0n) is 21.2. The Balaban J connectivity index is 1.08. The van der Waals surface area contributed by atoms with Gasteiger partial charge in [-0.15, -0.1) is 11.3 Å². The lowest BCUT2D eigenvalue weighted by Crippen LogP contribution is -2.27. The molecule has 4 heterocycles. The van der Waals surface area contributed by atoms with Crippen LogP contribution in [-0.2, 0) is 4.79 Å². The van der Waals surface area contributed by atoms with Gasteiger partial charge < -0.3 is 5.32 Å². The second-order valence-corrected chi connectivity index (χ2v) is 12.1. The average molecular weight is 585 g/mol. The summed E-state index contributed by atoms with van der Waals surface area (Å²) in [6, 6.07) is 20.9. The summed E-state index contributed by atoms with van der Waals surface area (Å²) in [5.41, 5.74) is 4.88. The van der Waals surface area contributed by atoms with Gasteiger partial charge in [0, 0.05) is 28.4 Å². The van der Waals surface area contributed by atoms with Crippen LogP contribution in [0.3, 0.4) is 0 Å². The largest absolute Gasteiger partial charge is 0.326 e. The maximum absolute atomic E-state index is 13.4. The fraction of sp³-hybridized carbons (Fsp3) is 0.138. The van der Waals surface area contributed by atoms with Crippen molar-refractivity contribution >= 4 is 67.5 Å². The highest BCUT2D eigenvalue weighted by atomic mass is 35.5. The van der Waals surface area contributed by atoms with E-state index in [2.05, 4.69) is 29.5 Å². The van der Waals surface area contributed by atoms with E-state index in [1.54, 1.807) is 32.7 Å². The predicted octanol–water partition coefficient (Wildman–Crippen LogP) is 6.50. The van der Waals surface area contributed by atoms with E-state index >= 15 is 0 Å². The first kappa shape index (κ1) is 25.0. The van der Waals surface area contributed by atoms with Gasteiger partial charge in [-0.3, -0.25) is 14.2 Å². The Morgan fingerprint density at radius 3 is 2.77 bits per heavy atom. The molecule has 0 saturated heterocycles. The van der Waals surface area contributed by atoms with Crippen LogP contribution in [0, 0.1) is 6.92 Å². The Hall–Kier alpha value is -3.99. The number of benzene rings is 3. The standard InChI is InChI=1S/C29H21ClN6O2S2/c1-16-5-10-23-24(11-16)40-27(33-23)17-6-8-19(9-7-17)32-25(37)13-21-15-39-29-34-26-22(28(38)35(21)29)14-31-36(26)20-4-2-3-18(30)12-20/h2-12,14,21H,13,15H2,1H3,(H,32,37). The highest BCUT2D eigenvalue weighted by molar-refractivity contribution is 7.99. The molecule has 0 fully saturated rings. The molecule has 40 heavy (non-hydrogen) atoms. The lowest BCUT2D eigenvalue weighted by atomic mass is 10.2. The number of nitrogens with zero attached hydrogens (tertiary/aromatic N) is 5. The van der Waals surface area contributed by atoms with E-state index in [1.807, 2.05) is 42.5 Å². The van der Waals surface area contributed by atoms with Gasteiger partial charge in [-0.25, -0.2) is 14.6 Å². The molecular weight excluding hydrogens is 564 g/mol. The third-order valence-corrected chi connectivity index (χ3v) is 9.20. The number of nitrogens with one attached hydrogen (secondary N) is 1. The summed E-state index contributed by atoms with van der Waals surface area (Å²) in [5, 5.41) is 9.84. The Kier molecular flexibility index (Phi) is 6.18. The molecule has 0 aliphatic carbocycles. The zero-order valence-corrected chi connectivity index (χ0v) is 23.6. The molecule has 11 heteroatoms. The SMILES string of the molecule is Cc1ccc2nc(-c3ccc(NC(=O)CC4CSc5nc6c(cnn6-c6cccc(Cl)c6)c(=O)n54)cc3)sc2c1. The first-order valence-corrected chi connectivity index (χ1v) is 14.8. The average Bonchev–Trinajstić information content (AvgIpc) is 3.66. The molecule has 1 unspecified atom stereocenters. The van der Waals surface area contributed by atoms with Gasteiger partial charge in [0.1, 0.15) is 10.4 Å². The molecule has 0 spiro atoms. The van der Waals surface area contributed by atoms with Crippen LogP contribution in [-0.4, -0.2) is 36.0 Å². The summed E-state index contributed by atoms with van der Waals surface area (Å²) in [4.78, 5) is 35.9. The molecule has 3 aromatic carbocycles. The van der Waals surface area contributed by atoms with E-state index in [0.29, 0.717) is 32.7 Å². The number of hydrogen-bond donors (Lipinski definition) is 1. The normalized spacial score (nSPS) is 14.6.